The smallest absolute Gasteiger partial charge is 0.297 e. The predicted octanol–water partition coefficient (Wildman–Crippen LogP) is 2.02. The summed E-state index contributed by atoms with van der Waals surface area (Å²) in [6.07, 6.45) is 4.82. The monoisotopic (exact) mass is 182 g/mol. The third-order valence-electron chi connectivity index (χ3n) is 0.585. The predicted molar refractivity (Wildman–Crippen MR) is 39.9 cm³/mol. The molecule has 0 saturated carbocycles. The molecule has 0 bridgehead atoms. The molecule has 0 N–H and O–H groups in total. The Morgan fingerprint density at radius 2 is 2.30 bits per heavy atom. The maximum atomic E-state index is 10.8. The van der Waals surface area contributed by atoms with Gasteiger partial charge in [-0.15, -0.1) is 6.42 Å². The van der Waals surface area contributed by atoms with Gasteiger partial charge in [-0.1, -0.05) is 5.92 Å². The zero-order valence-corrected chi connectivity index (χ0v) is 7.19. The molecule has 3 nitrogen and oxygen atoms in total. The van der Waals surface area contributed by atoms with Gasteiger partial charge in [0.05, 0.1) is 6.61 Å². The molecule has 0 rings (SSSR count). The van der Waals surface area contributed by atoms with E-state index in [0.29, 0.717) is 0 Å². The molecule has 0 aliphatic rings. The third-order valence-corrected chi connectivity index (χ3v) is 2.18. The summed E-state index contributed by atoms with van der Waals surface area (Å²) in [4.78, 5) is 0. The molecule has 10 heavy (non-hydrogen) atoms. The van der Waals surface area contributed by atoms with Crippen LogP contribution in [0.2, 0.25) is 0 Å². The van der Waals surface area contributed by atoms with Gasteiger partial charge in [0.1, 0.15) is 6.61 Å². The first-order chi connectivity index (χ1) is 4.62. The minimum Gasteiger partial charge on any atom is -0.297 e. The fourth-order valence-electron chi connectivity index (χ4n) is 0.306. The van der Waals surface area contributed by atoms with Crippen molar-refractivity contribution in [2.45, 2.75) is 6.92 Å². The van der Waals surface area contributed by atoms with Gasteiger partial charge < -0.3 is 0 Å². The van der Waals surface area contributed by atoms with E-state index in [1.54, 1.807) is 6.92 Å². The van der Waals surface area contributed by atoms with Crippen LogP contribution in [0, 0.1) is 12.3 Å². The normalized spacial score (nSPS) is 15.7. The molecule has 0 radical (unpaired) electrons. The van der Waals surface area contributed by atoms with Crippen LogP contribution < -0.4 is 0 Å². The molecular formula is C5H8ClO3P. The zero-order valence-electron chi connectivity index (χ0n) is 5.54. The van der Waals surface area contributed by atoms with Crippen LogP contribution in [0.3, 0.4) is 0 Å². The van der Waals surface area contributed by atoms with Crippen LogP contribution in [-0.4, -0.2) is 13.2 Å². The summed E-state index contributed by atoms with van der Waals surface area (Å²) in [5.41, 5.74) is 0. The van der Waals surface area contributed by atoms with Crippen molar-refractivity contribution < 1.29 is 13.6 Å². The van der Waals surface area contributed by atoms with E-state index in [1.807, 2.05) is 0 Å². The van der Waals surface area contributed by atoms with Gasteiger partial charge in [0.25, 0.3) is 0 Å². The summed E-state index contributed by atoms with van der Waals surface area (Å²) in [6.45, 7) is -1.57. The lowest BCUT2D eigenvalue weighted by molar-refractivity contribution is 0.246. The molecule has 0 amide bonds. The van der Waals surface area contributed by atoms with Crippen LogP contribution in [-0.2, 0) is 13.6 Å². The topological polar surface area (TPSA) is 35.5 Å². The Morgan fingerprint density at radius 1 is 1.70 bits per heavy atom. The Morgan fingerprint density at radius 3 is 2.70 bits per heavy atom. The van der Waals surface area contributed by atoms with Gasteiger partial charge in [0, 0.05) is 11.2 Å². The van der Waals surface area contributed by atoms with Crippen molar-refractivity contribution in [2.24, 2.45) is 0 Å². The molecule has 1 unspecified atom stereocenters. The van der Waals surface area contributed by atoms with E-state index in [0.717, 1.165) is 0 Å². The van der Waals surface area contributed by atoms with E-state index < -0.39 is 6.95 Å². The summed E-state index contributed by atoms with van der Waals surface area (Å²) in [6, 6.07) is 0. The standard InChI is InChI=1S/C5H8ClO3P/c1-3-5-9-10(6,7)8-4-2/h1H,4-5H2,2H3. The first-order valence-corrected chi connectivity index (χ1v) is 5.09. The van der Waals surface area contributed by atoms with Gasteiger partial charge in [-0.05, 0) is 6.92 Å². The molecular weight excluding hydrogens is 174 g/mol. The summed E-state index contributed by atoms with van der Waals surface area (Å²) in [7, 11) is 0. The maximum absolute atomic E-state index is 10.8. The number of halogens is 1. The van der Waals surface area contributed by atoms with Crippen LogP contribution in [0.5, 0.6) is 0 Å². The average Bonchev–Trinajstić information content (AvgIpc) is 1.84. The van der Waals surface area contributed by atoms with Crippen molar-refractivity contribution in [3.63, 3.8) is 0 Å². The summed E-state index contributed by atoms with van der Waals surface area (Å²) >= 11 is 5.23. The molecule has 0 aliphatic heterocycles. The van der Waals surface area contributed by atoms with Crippen molar-refractivity contribution in [3.05, 3.63) is 0 Å². The first-order valence-electron chi connectivity index (χ1n) is 2.64. The second-order valence-electron chi connectivity index (χ2n) is 1.33. The second kappa shape index (κ2) is 4.76. The van der Waals surface area contributed by atoms with Gasteiger partial charge in [-0.3, -0.25) is 9.05 Å². The Labute approximate surface area is 65.0 Å². The van der Waals surface area contributed by atoms with Gasteiger partial charge in [-0.25, -0.2) is 4.57 Å². The Bertz CT molecular complexity index is 174. The van der Waals surface area contributed by atoms with Crippen molar-refractivity contribution in [2.75, 3.05) is 13.2 Å². The highest BCUT2D eigenvalue weighted by atomic mass is 35.7. The van der Waals surface area contributed by atoms with Gasteiger partial charge in [0.15, 0.2) is 0 Å². The minimum absolute atomic E-state index is 0.0965. The van der Waals surface area contributed by atoms with Gasteiger partial charge >= 0.3 is 6.95 Å². The minimum atomic E-state index is -3.38. The fraction of sp³-hybridized carbons (Fsp3) is 0.600. The van der Waals surface area contributed by atoms with Crippen molar-refractivity contribution in [1.29, 1.82) is 0 Å². The summed E-state index contributed by atoms with van der Waals surface area (Å²) < 4.78 is 19.8. The van der Waals surface area contributed by atoms with Crippen molar-refractivity contribution in [1.82, 2.24) is 0 Å². The average molecular weight is 183 g/mol. The molecule has 0 aliphatic carbocycles. The van der Waals surface area contributed by atoms with E-state index in [9.17, 15) is 4.57 Å². The van der Waals surface area contributed by atoms with Crippen LogP contribution in [0.25, 0.3) is 0 Å². The first kappa shape index (κ1) is 10.0. The Balaban J connectivity index is 3.67. The quantitative estimate of drug-likeness (QED) is 0.493. The SMILES string of the molecule is C#CCOP(=O)(Cl)OCC. The molecule has 0 heterocycles. The molecule has 0 aromatic carbocycles. The number of hydrogen-bond donors (Lipinski definition) is 0. The van der Waals surface area contributed by atoms with Crippen LogP contribution in [0.4, 0.5) is 0 Å². The molecule has 0 saturated heterocycles. The Kier molecular flexibility index (Phi) is 4.76. The van der Waals surface area contributed by atoms with E-state index >= 15 is 0 Å². The number of hydrogen-bond acceptors (Lipinski definition) is 3. The lowest BCUT2D eigenvalue weighted by Crippen LogP contribution is -1.89. The van der Waals surface area contributed by atoms with Crippen LogP contribution in [0.1, 0.15) is 6.92 Å². The van der Waals surface area contributed by atoms with E-state index in [2.05, 4.69) is 15.0 Å². The lowest BCUT2D eigenvalue weighted by Gasteiger charge is -2.06. The van der Waals surface area contributed by atoms with Crippen LogP contribution >= 0.6 is 18.2 Å². The fourth-order valence-corrected chi connectivity index (χ4v) is 1.36. The molecule has 0 spiro atoms. The highest BCUT2D eigenvalue weighted by molar-refractivity contribution is 7.81. The second-order valence-corrected chi connectivity index (χ2v) is 3.95. The highest BCUT2D eigenvalue weighted by Crippen LogP contribution is 2.53. The van der Waals surface area contributed by atoms with E-state index in [-0.39, 0.29) is 13.2 Å². The largest absolute Gasteiger partial charge is 0.425 e. The van der Waals surface area contributed by atoms with Crippen molar-refractivity contribution >= 4 is 18.2 Å². The molecule has 1 atom stereocenters. The molecule has 58 valence electrons. The third kappa shape index (κ3) is 4.84. The highest BCUT2D eigenvalue weighted by Gasteiger charge is 2.18. The molecule has 0 aromatic heterocycles. The van der Waals surface area contributed by atoms with E-state index in [1.165, 1.54) is 0 Å². The Hall–Kier alpha value is -0.0000000000000000208. The molecule has 5 heteroatoms. The summed E-state index contributed by atoms with van der Waals surface area (Å²) in [5.74, 6) is 2.12. The van der Waals surface area contributed by atoms with Gasteiger partial charge in [0.2, 0.25) is 0 Å². The van der Waals surface area contributed by atoms with Gasteiger partial charge in [-0.2, -0.15) is 0 Å². The maximum Gasteiger partial charge on any atom is 0.425 e. The summed E-state index contributed by atoms with van der Waals surface area (Å²) in [5, 5.41) is 0. The molecule has 0 fully saturated rings. The van der Waals surface area contributed by atoms with Crippen LogP contribution in [0.15, 0.2) is 0 Å². The number of terminal acetylenes is 1. The lowest BCUT2D eigenvalue weighted by atomic mass is 10.8. The van der Waals surface area contributed by atoms with E-state index in [4.69, 9.17) is 17.7 Å². The number of rotatable bonds is 4. The zero-order chi connectivity index (χ0) is 8.04. The van der Waals surface area contributed by atoms with Crippen molar-refractivity contribution in [3.8, 4) is 12.3 Å². The molecule has 0 aromatic rings.